The predicted octanol–water partition coefficient (Wildman–Crippen LogP) is 2.45. The largest absolute Gasteiger partial charge is 0.494 e. The normalized spacial score (nSPS) is 11.3. The van der Waals surface area contributed by atoms with E-state index in [0.29, 0.717) is 18.1 Å². The lowest BCUT2D eigenvalue weighted by Gasteiger charge is -2.15. The lowest BCUT2D eigenvalue weighted by Crippen LogP contribution is -2.47. The minimum absolute atomic E-state index is 0.164. The third kappa shape index (κ3) is 5.20. The van der Waals surface area contributed by atoms with E-state index >= 15 is 0 Å². The third-order valence-electron chi connectivity index (χ3n) is 3.23. The monoisotopic (exact) mass is 346 g/mol. The summed E-state index contributed by atoms with van der Waals surface area (Å²) in [5.41, 5.74) is 4.19. The lowest BCUT2D eigenvalue weighted by atomic mass is 10.2. The van der Waals surface area contributed by atoms with Crippen molar-refractivity contribution in [3.63, 3.8) is 0 Å². The molecule has 0 fully saturated rings. The van der Waals surface area contributed by atoms with Crippen molar-refractivity contribution in [1.29, 1.82) is 0 Å². The zero-order valence-corrected chi connectivity index (χ0v) is 13.9. The van der Waals surface area contributed by atoms with Crippen LogP contribution < -0.4 is 20.3 Å². The highest BCUT2D eigenvalue weighted by atomic mass is 19.1. The Hall–Kier alpha value is -3.09. The molecule has 0 bridgehead atoms. The first-order valence-electron chi connectivity index (χ1n) is 7.75. The molecule has 7 heteroatoms. The van der Waals surface area contributed by atoms with E-state index in [4.69, 9.17) is 9.47 Å². The smallest absolute Gasteiger partial charge is 0.279 e. The van der Waals surface area contributed by atoms with Gasteiger partial charge in [-0.3, -0.25) is 20.4 Å². The van der Waals surface area contributed by atoms with E-state index in [1.54, 1.807) is 24.3 Å². The Morgan fingerprint density at radius 3 is 2.32 bits per heavy atom. The molecular formula is C18H19FN2O4. The maximum atomic E-state index is 13.5. The van der Waals surface area contributed by atoms with Gasteiger partial charge in [0.05, 0.1) is 12.2 Å². The van der Waals surface area contributed by atoms with Crippen LogP contribution in [0, 0.1) is 5.82 Å². The van der Waals surface area contributed by atoms with Gasteiger partial charge in [-0.1, -0.05) is 12.1 Å². The van der Waals surface area contributed by atoms with E-state index in [1.165, 1.54) is 25.1 Å². The summed E-state index contributed by atoms with van der Waals surface area (Å²) in [4.78, 5) is 23.8. The first-order chi connectivity index (χ1) is 12.0. The molecule has 0 aliphatic heterocycles. The number of rotatable bonds is 6. The number of hydrazine groups is 1. The van der Waals surface area contributed by atoms with Crippen LogP contribution in [0.1, 0.15) is 24.2 Å². The standard InChI is InChI=1S/C18H19FN2O4/c1-3-24-13-8-10-14(11-9-13)25-12(2)17(22)20-21-18(23)15-6-4-5-7-16(15)19/h4-12H,3H2,1-2H3,(H,20,22)(H,21,23)/t12-/m0/s1. The van der Waals surface area contributed by atoms with E-state index in [-0.39, 0.29) is 5.56 Å². The third-order valence-corrected chi connectivity index (χ3v) is 3.23. The molecule has 6 nitrogen and oxygen atoms in total. The van der Waals surface area contributed by atoms with Crippen LogP contribution in [-0.2, 0) is 4.79 Å². The second-order valence-corrected chi connectivity index (χ2v) is 5.09. The Balaban J connectivity index is 1.85. The fraction of sp³-hybridized carbons (Fsp3) is 0.222. The number of halogens is 1. The van der Waals surface area contributed by atoms with Crippen LogP contribution in [0.25, 0.3) is 0 Å². The average molecular weight is 346 g/mol. The molecule has 0 aliphatic rings. The number of nitrogens with one attached hydrogen (secondary N) is 2. The van der Waals surface area contributed by atoms with Gasteiger partial charge in [-0.25, -0.2) is 4.39 Å². The first-order valence-corrected chi connectivity index (χ1v) is 7.75. The fourth-order valence-electron chi connectivity index (χ4n) is 1.97. The van der Waals surface area contributed by atoms with E-state index < -0.39 is 23.7 Å². The van der Waals surface area contributed by atoms with Crippen molar-refractivity contribution in [1.82, 2.24) is 10.9 Å². The molecule has 0 unspecified atom stereocenters. The van der Waals surface area contributed by atoms with Crippen molar-refractivity contribution in [3.8, 4) is 11.5 Å². The van der Waals surface area contributed by atoms with E-state index in [2.05, 4.69) is 10.9 Å². The lowest BCUT2D eigenvalue weighted by molar-refractivity contribution is -0.128. The fourth-order valence-corrected chi connectivity index (χ4v) is 1.97. The number of hydrogen-bond donors (Lipinski definition) is 2. The Kier molecular flexibility index (Phi) is 6.33. The Labute approximate surface area is 144 Å². The summed E-state index contributed by atoms with van der Waals surface area (Å²) in [7, 11) is 0. The summed E-state index contributed by atoms with van der Waals surface area (Å²) in [6.45, 7) is 3.97. The minimum Gasteiger partial charge on any atom is -0.494 e. The highest BCUT2D eigenvalue weighted by Gasteiger charge is 2.17. The Morgan fingerprint density at radius 2 is 1.68 bits per heavy atom. The SMILES string of the molecule is CCOc1ccc(O[C@@H](C)C(=O)NNC(=O)c2ccccc2F)cc1. The number of carbonyl (C=O) groups excluding carboxylic acids is 2. The van der Waals surface area contributed by atoms with Crippen LogP contribution in [-0.4, -0.2) is 24.5 Å². The summed E-state index contributed by atoms with van der Waals surface area (Å²) in [6, 6.07) is 12.3. The molecule has 0 saturated carbocycles. The zero-order valence-electron chi connectivity index (χ0n) is 13.9. The highest BCUT2D eigenvalue weighted by molar-refractivity contribution is 5.95. The average Bonchev–Trinajstić information content (AvgIpc) is 2.61. The Bertz CT molecular complexity index is 734. The van der Waals surface area contributed by atoms with Gasteiger partial charge >= 0.3 is 0 Å². The molecule has 0 aromatic heterocycles. The molecular weight excluding hydrogens is 327 g/mol. The predicted molar refractivity (Wildman–Crippen MR) is 89.7 cm³/mol. The molecule has 2 aromatic carbocycles. The number of carbonyl (C=O) groups is 2. The van der Waals surface area contributed by atoms with Gasteiger partial charge in [-0.15, -0.1) is 0 Å². The van der Waals surface area contributed by atoms with Crippen LogP contribution in [0.5, 0.6) is 11.5 Å². The first kappa shape index (κ1) is 18.3. The number of amides is 2. The second-order valence-electron chi connectivity index (χ2n) is 5.09. The number of ether oxygens (including phenoxy) is 2. The van der Waals surface area contributed by atoms with Crippen LogP contribution in [0.2, 0.25) is 0 Å². The van der Waals surface area contributed by atoms with Gasteiger partial charge in [0.25, 0.3) is 11.8 Å². The number of benzene rings is 2. The van der Waals surface area contributed by atoms with Crippen LogP contribution in [0.15, 0.2) is 48.5 Å². The zero-order chi connectivity index (χ0) is 18.2. The van der Waals surface area contributed by atoms with Crippen LogP contribution in [0.3, 0.4) is 0 Å². The van der Waals surface area contributed by atoms with Gasteiger partial charge < -0.3 is 9.47 Å². The van der Waals surface area contributed by atoms with Gasteiger partial charge in [0.15, 0.2) is 6.10 Å². The quantitative estimate of drug-likeness (QED) is 0.788. The van der Waals surface area contributed by atoms with Crippen LogP contribution in [0.4, 0.5) is 4.39 Å². The molecule has 25 heavy (non-hydrogen) atoms. The summed E-state index contributed by atoms with van der Waals surface area (Å²) in [5, 5.41) is 0. The van der Waals surface area contributed by atoms with Crippen molar-refractivity contribution >= 4 is 11.8 Å². The molecule has 132 valence electrons. The molecule has 0 heterocycles. The molecule has 0 saturated heterocycles. The summed E-state index contributed by atoms with van der Waals surface area (Å²) >= 11 is 0. The molecule has 2 aromatic rings. The van der Waals surface area contributed by atoms with E-state index in [1.807, 2.05) is 6.92 Å². The molecule has 1 atom stereocenters. The second kappa shape index (κ2) is 8.68. The van der Waals surface area contributed by atoms with Gasteiger partial charge in [0, 0.05) is 0 Å². The van der Waals surface area contributed by atoms with Crippen LogP contribution >= 0.6 is 0 Å². The molecule has 2 rings (SSSR count). The minimum atomic E-state index is -0.862. The summed E-state index contributed by atoms with van der Waals surface area (Å²) in [6.07, 6.45) is -0.862. The van der Waals surface area contributed by atoms with Crippen molar-refractivity contribution in [2.24, 2.45) is 0 Å². The highest BCUT2D eigenvalue weighted by Crippen LogP contribution is 2.18. The molecule has 0 spiro atoms. The summed E-state index contributed by atoms with van der Waals surface area (Å²) < 4.78 is 24.3. The maximum absolute atomic E-state index is 13.5. The molecule has 0 aliphatic carbocycles. The molecule has 0 radical (unpaired) electrons. The van der Waals surface area contributed by atoms with Gasteiger partial charge in [0.1, 0.15) is 17.3 Å². The van der Waals surface area contributed by atoms with Gasteiger partial charge in [0.2, 0.25) is 0 Å². The van der Waals surface area contributed by atoms with Crippen molar-refractivity contribution in [3.05, 3.63) is 59.9 Å². The summed E-state index contributed by atoms with van der Waals surface area (Å²) in [5.74, 6) is -0.818. The molecule has 2 N–H and O–H groups in total. The number of hydrogen-bond acceptors (Lipinski definition) is 4. The van der Waals surface area contributed by atoms with Crippen molar-refractivity contribution in [2.75, 3.05) is 6.61 Å². The van der Waals surface area contributed by atoms with E-state index in [0.717, 1.165) is 6.07 Å². The van der Waals surface area contributed by atoms with Gasteiger partial charge in [-0.05, 0) is 50.2 Å². The van der Waals surface area contributed by atoms with Crippen molar-refractivity contribution in [2.45, 2.75) is 20.0 Å². The van der Waals surface area contributed by atoms with Gasteiger partial charge in [-0.2, -0.15) is 0 Å². The molecule has 2 amide bonds. The Morgan fingerprint density at radius 1 is 1.04 bits per heavy atom. The van der Waals surface area contributed by atoms with Crippen molar-refractivity contribution < 1.29 is 23.5 Å². The maximum Gasteiger partial charge on any atom is 0.279 e. The topological polar surface area (TPSA) is 76.7 Å². The van der Waals surface area contributed by atoms with E-state index in [9.17, 15) is 14.0 Å².